The summed E-state index contributed by atoms with van der Waals surface area (Å²) in [5, 5.41) is 22.3. The minimum atomic E-state index is -0.708. The third-order valence-corrected chi connectivity index (χ3v) is 6.52. The monoisotopic (exact) mass is 467 g/mol. The molecule has 7 N–H and O–H groups in total. The lowest BCUT2D eigenvalue weighted by Crippen LogP contribution is -2.35. The zero-order valence-corrected chi connectivity index (χ0v) is 18.9. The van der Waals surface area contributed by atoms with Crippen molar-refractivity contribution in [2.75, 3.05) is 0 Å². The van der Waals surface area contributed by atoms with Gasteiger partial charge in [-0.25, -0.2) is 0 Å². The number of primary amides is 1. The van der Waals surface area contributed by atoms with E-state index in [0.717, 1.165) is 27.6 Å². The molecule has 35 heavy (non-hydrogen) atoms. The molecule has 0 aliphatic heterocycles. The van der Waals surface area contributed by atoms with E-state index in [4.69, 9.17) is 16.9 Å². The van der Waals surface area contributed by atoms with Crippen molar-refractivity contribution in [3.8, 4) is 0 Å². The SMILES string of the molecule is N=C(N)c1ccc2cc(C(=O)N[C@H]3c4ccccc4C[C@H]3O)n(Cc3ccc(C(N)=O)cc3)c2c1. The van der Waals surface area contributed by atoms with Crippen molar-refractivity contribution in [3.63, 3.8) is 0 Å². The maximum atomic E-state index is 13.5. The zero-order chi connectivity index (χ0) is 24.7. The number of rotatable bonds is 6. The van der Waals surface area contributed by atoms with Gasteiger partial charge in [0.2, 0.25) is 5.91 Å². The predicted octanol–water partition coefficient (Wildman–Crippen LogP) is 2.46. The molecule has 0 fully saturated rings. The van der Waals surface area contributed by atoms with E-state index in [9.17, 15) is 14.7 Å². The maximum absolute atomic E-state index is 13.5. The number of carbonyl (C=O) groups excluding carboxylic acids is 2. The summed E-state index contributed by atoms with van der Waals surface area (Å²) in [4.78, 5) is 25.0. The molecule has 3 aromatic carbocycles. The lowest BCUT2D eigenvalue weighted by Gasteiger charge is -2.19. The van der Waals surface area contributed by atoms with Gasteiger partial charge in [-0.2, -0.15) is 0 Å². The lowest BCUT2D eigenvalue weighted by atomic mass is 10.1. The van der Waals surface area contributed by atoms with Crippen LogP contribution in [0.15, 0.2) is 72.8 Å². The number of fused-ring (bicyclic) bond motifs is 2. The summed E-state index contributed by atoms with van der Waals surface area (Å²) >= 11 is 0. The molecular formula is C27H25N5O3. The van der Waals surface area contributed by atoms with Crippen LogP contribution in [0.5, 0.6) is 0 Å². The lowest BCUT2D eigenvalue weighted by molar-refractivity contribution is 0.0850. The Morgan fingerprint density at radius 3 is 2.43 bits per heavy atom. The van der Waals surface area contributed by atoms with Crippen LogP contribution in [-0.4, -0.2) is 33.4 Å². The Kier molecular flexibility index (Phi) is 5.58. The maximum Gasteiger partial charge on any atom is 0.268 e. The number of carbonyl (C=O) groups is 2. The Hall–Kier alpha value is -4.43. The normalized spacial score (nSPS) is 16.7. The smallest absolute Gasteiger partial charge is 0.268 e. The molecule has 0 saturated carbocycles. The second-order valence-corrected chi connectivity index (χ2v) is 8.79. The molecule has 0 spiro atoms. The number of hydrogen-bond donors (Lipinski definition) is 5. The van der Waals surface area contributed by atoms with Gasteiger partial charge in [0.05, 0.1) is 12.1 Å². The summed E-state index contributed by atoms with van der Waals surface area (Å²) in [7, 11) is 0. The Labute approximate surface area is 201 Å². The Morgan fingerprint density at radius 2 is 1.71 bits per heavy atom. The summed E-state index contributed by atoms with van der Waals surface area (Å²) in [6, 6.07) is 21.2. The van der Waals surface area contributed by atoms with Crippen LogP contribution in [0.2, 0.25) is 0 Å². The Balaban J connectivity index is 1.54. The van der Waals surface area contributed by atoms with E-state index in [1.165, 1.54) is 0 Å². The van der Waals surface area contributed by atoms with Gasteiger partial charge in [0.1, 0.15) is 11.5 Å². The number of benzene rings is 3. The van der Waals surface area contributed by atoms with Gasteiger partial charge in [-0.05, 0) is 41.0 Å². The Bertz CT molecular complexity index is 1470. The number of nitrogens with zero attached hydrogens (tertiary/aromatic N) is 1. The summed E-state index contributed by atoms with van der Waals surface area (Å²) in [5.41, 5.74) is 16.0. The fraction of sp³-hybridized carbons (Fsp3) is 0.148. The van der Waals surface area contributed by atoms with Crippen LogP contribution in [0.25, 0.3) is 10.9 Å². The first-order valence-electron chi connectivity index (χ1n) is 11.2. The third kappa shape index (κ3) is 4.15. The molecule has 1 aliphatic rings. The van der Waals surface area contributed by atoms with Crippen molar-refractivity contribution in [1.82, 2.24) is 9.88 Å². The fourth-order valence-corrected chi connectivity index (χ4v) is 4.70. The largest absolute Gasteiger partial charge is 0.390 e. The van der Waals surface area contributed by atoms with Gasteiger partial charge >= 0.3 is 0 Å². The summed E-state index contributed by atoms with van der Waals surface area (Å²) < 4.78 is 1.85. The van der Waals surface area contributed by atoms with Gasteiger partial charge < -0.3 is 26.5 Å². The highest BCUT2D eigenvalue weighted by atomic mass is 16.3. The number of nitrogen functional groups attached to an aromatic ring is 1. The number of nitrogens with one attached hydrogen (secondary N) is 2. The first-order valence-corrected chi connectivity index (χ1v) is 11.2. The Morgan fingerprint density at radius 1 is 1.00 bits per heavy atom. The molecule has 8 heteroatoms. The van der Waals surface area contributed by atoms with E-state index < -0.39 is 18.1 Å². The molecule has 0 unspecified atom stereocenters. The van der Waals surface area contributed by atoms with Crippen LogP contribution < -0.4 is 16.8 Å². The molecule has 2 amide bonds. The summed E-state index contributed by atoms with van der Waals surface area (Å²) in [5.74, 6) is -0.897. The van der Waals surface area contributed by atoms with E-state index in [2.05, 4.69) is 5.32 Å². The van der Waals surface area contributed by atoms with E-state index in [0.29, 0.717) is 29.8 Å². The van der Waals surface area contributed by atoms with Crippen LogP contribution in [0, 0.1) is 5.41 Å². The number of nitrogens with two attached hydrogens (primary N) is 2. The summed E-state index contributed by atoms with van der Waals surface area (Å²) in [6.45, 7) is 0.344. The number of aromatic nitrogens is 1. The van der Waals surface area contributed by atoms with Gasteiger partial charge in [0.25, 0.3) is 5.91 Å². The van der Waals surface area contributed by atoms with Gasteiger partial charge in [0, 0.05) is 35.0 Å². The molecule has 176 valence electrons. The molecule has 1 heterocycles. The number of aliphatic hydroxyl groups excluding tert-OH is 1. The minimum absolute atomic E-state index is 0.0675. The topological polar surface area (TPSA) is 147 Å². The van der Waals surface area contributed by atoms with Crippen molar-refractivity contribution in [1.29, 1.82) is 5.41 Å². The molecule has 2 atom stereocenters. The molecule has 0 bridgehead atoms. The average molecular weight is 468 g/mol. The highest BCUT2D eigenvalue weighted by molar-refractivity contribution is 6.02. The second-order valence-electron chi connectivity index (χ2n) is 8.79. The van der Waals surface area contributed by atoms with Crippen LogP contribution in [0.1, 0.15) is 49.1 Å². The highest BCUT2D eigenvalue weighted by Gasteiger charge is 2.32. The van der Waals surface area contributed by atoms with Crippen molar-refractivity contribution >= 4 is 28.6 Å². The zero-order valence-electron chi connectivity index (χ0n) is 18.9. The number of amides is 2. The van der Waals surface area contributed by atoms with Gasteiger partial charge in [0.15, 0.2) is 0 Å². The van der Waals surface area contributed by atoms with Crippen LogP contribution in [-0.2, 0) is 13.0 Å². The third-order valence-electron chi connectivity index (χ3n) is 6.52. The first-order chi connectivity index (χ1) is 16.8. The molecule has 0 saturated heterocycles. The standard InChI is InChI=1S/C27H25N5O3/c28-25(29)19-10-9-18-11-22(27(35)31-24-20-4-2-1-3-17(20)13-23(24)33)32(21(18)12-19)14-15-5-7-16(8-6-15)26(30)34/h1-12,23-24,33H,13-14H2,(H3,28,29)(H2,30,34)(H,31,35)/t23-,24+/m1/s1. The van der Waals surface area contributed by atoms with Crippen molar-refractivity contribution in [2.24, 2.45) is 11.5 Å². The molecular weight excluding hydrogens is 442 g/mol. The summed E-state index contributed by atoms with van der Waals surface area (Å²) in [6.07, 6.45) is -0.224. The molecule has 0 radical (unpaired) electrons. The van der Waals surface area contributed by atoms with Crippen LogP contribution in [0.4, 0.5) is 0 Å². The quantitative estimate of drug-likeness (QED) is 0.219. The average Bonchev–Trinajstić information content (AvgIpc) is 3.36. The highest BCUT2D eigenvalue weighted by Crippen LogP contribution is 2.32. The van der Waals surface area contributed by atoms with Gasteiger partial charge in [-0.3, -0.25) is 15.0 Å². The van der Waals surface area contributed by atoms with E-state index in [1.54, 1.807) is 42.5 Å². The van der Waals surface area contributed by atoms with E-state index in [-0.39, 0.29) is 11.7 Å². The van der Waals surface area contributed by atoms with Crippen molar-refractivity contribution in [3.05, 3.63) is 106 Å². The predicted molar refractivity (Wildman–Crippen MR) is 133 cm³/mol. The van der Waals surface area contributed by atoms with Gasteiger partial charge in [-0.15, -0.1) is 0 Å². The molecule has 1 aromatic heterocycles. The first kappa shape index (κ1) is 22.4. The van der Waals surface area contributed by atoms with Crippen LogP contribution in [0.3, 0.4) is 0 Å². The van der Waals surface area contributed by atoms with E-state index in [1.807, 2.05) is 34.9 Å². The second kappa shape index (κ2) is 8.73. The van der Waals surface area contributed by atoms with Crippen molar-refractivity contribution < 1.29 is 14.7 Å². The molecule has 1 aliphatic carbocycles. The molecule has 4 aromatic rings. The van der Waals surface area contributed by atoms with Crippen LogP contribution >= 0.6 is 0 Å². The molecule has 8 nitrogen and oxygen atoms in total. The fourth-order valence-electron chi connectivity index (χ4n) is 4.70. The van der Waals surface area contributed by atoms with Crippen molar-refractivity contribution in [2.45, 2.75) is 25.1 Å². The number of amidine groups is 1. The number of aliphatic hydroxyl groups is 1. The minimum Gasteiger partial charge on any atom is -0.390 e. The van der Waals surface area contributed by atoms with E-state index >= 15 is 0 Å². The number of hydrogen-bond acceptors (Lipinski definition) is 4. The molecule has 5 rings (SSSR count). The van der Waals surface area contributed by atoms with Gasteiger partial charge in [-0.1, -0.05) is 48.5 Å².